The zero-order valence-corrected chi connectivity index (χ0v) is 20.4. The van der Waals surface area contributed by atoms with Crippen molar-refractivity contribution in [2.45, 2.75) is 44.9 Å². The predicted octanol–water partition coefficient (Wildman–Crippen LogP) is 3.55. The number of nitrogens with zero attached hydrogens (tertiary/aromatic N) is 5. The molecule has 1 unspecified atom stereocenters. The molecule has 0 aliphatic heterocycles. The number of benzene rings is 2. The van der Waals surface area contributed by atoms with Gasteiger partial charge in [-0.05, 0) is 37.5 Å². The van der Waals surface area contributed by atoms with E-state index in [2.05, 4.69) is 21.6 Å². The smallest absolute Gasteiger partial charge is 0.263 e. The summed E-state index contributed by atoms with van der Waals surface area (Å²) in [7, 11) is 0. The van der Waals surface area contributed by atoms with E-state index in [0.717, 1.165) is 11.1 Å². The number of hydrogen-bond donors (Lipinski definition) is 1. The van der Waals surface area contributed by atoms with Crippen LogP contribution in [-0.2, 0) is 11.3 Å². The van der Waals surface area contributed by atoms with Crippen molar-refractivity contribution in [2.75, 3.05) is 5.75 Å². The molecule has 0 radical (unpaired) electrons. The van der Waals surface area contributed by atoms with Crippen LogP contribution in [0.2, 0.25) is 0 Å². The number of carbonyl (C=O) groups excluding carboxylic acids is 1. The Hall–Kier alpha value is -3.64. The maximum atomic E-state index is 13.3. The van der Waals surface area contributed by atoms with E-state index in [0.29, 0.717) is 28.4 Å². The van der Waals surface area contributed by atoms with E-state index in [4.69, 9.17) is 0 Å². The van der Waals surface area contributed by atoms with E-state index in [1.54, 1.807) is 17.6 Å². The van der Waals surface area contributed by atoms with Gasteiger partial charge in [-0.1, -0.05) is 67.6 Å². The topological polar surface area (TPSA) is 105 Å². The van der Waals surface area contributed by atoms with Gasteiger partial charge >= 0.3 is 0 Å². The Bertz CT molecular complexity index is 1470. The SMILES string of the molecule is Cc1ccc(Cn2c(=O)c3ccccc3n3c(SCC(=O)NC(C)(C#N)C(C)C)nnc23)cc1. The van der Waals surface area contributed by atoms with Crippen molar-refractivity contribution in [1.82, 2.24) is 24.5 Å². The van der Waals surface area contributed by atoms with Gasteiger partial charge in [-0.15, -0.1) is 10.2 Å². The van der Waals surface area contributed by atoms with Crippen molar-refractivity contribution in [2.24, 2.45) is 5.92 Å². The normalized spacial score (nSPS) is 13.2. The van der Waals surface area contributed by atoms with Crippen LogP contribution in [0, 0.1) is 24.2 Å². The molecule has 0 saturated heterocycles. The standard InChI is InChI=1S/C25H26N6O2S/c1-16(2)25(4,15-26)27-21(32)14-34-24-29-28-23-30(13-18-11-9-17(3)10-12-18)22(33)19-7-5-6-8-20(19)31(23)24/h5-12,16H,13-14H2,1-4H3,(H,27,32). The lowest BCUT2D eigenvalue weighted by molar-refractivity contribution is -0.120. The molecular formula is C25H26N6O2S. The van der Waals surface area contributed by atoms with Crippen molar-refractivity contribution < 1.29 is 4.79 Å². The minimum atomic E-state index is -0.953. The maximum absolute atomic E-state index is 13.3. The second kappa shape index (κ2) is 9.31. The molecule has 8 nitrogen and oxygen atoms in total. The van der Waals surface area contributed by atoms with Gasteiger partial charge in [-0.2, -0.15) is 5.26 Å². The molecule has 0 aliphatic rings. The zero-order chi connectivity index (χ0) is 24.5. The van der Waals surface area contributed by atoms with Crippen molar-refractivity contribution in [1.29, 1.82) is 5.26 Å². The van der Waals surface area contributed by atoms with Crippen LogP contribution in [0.5, 0.6) is 0 Å². The third-order valence-electron chi connectivity index (χ3n) is 6.06. The van der Waals surface area contributed by atoms with Crippen LogP contribution in [0.3, 0.4) is 0 Å². The van der Waals surface area contributed by atoms with Crippen molar-refractivity contribution in [3.8, 4) is 6.07 Å². The summed E-state index contributed by atoms with van der Waals surface area (Å²) in [4.78, 5) is 25.9. The van der Waals surface area contributed by atoms with Gasteiger partial charge in [0.05, 0.1) is 29.3 Å². The highest BCUT2D eigenvalue weighted by Gasteiger charge is 2.30. The summed E-state index contributed by atoms with van der Waals surface area (Å²) in [5.74, 6) is 0.171. The molecule has 0 aliphatic carbocycles. The first-order valence-electron chi connectivity index (χ1n) is 11.0. The number of aryl methyl sites for hydroxylation is 1. The van der Waals surface area contributed by atoms with Crippen LogP contribution in [-0.4, -0.2) is 36.4 Å². The summed E-state index contributed by atoms with van der Waals surface area (Å²) in [5, 5.41) is 22.0. The minimum absolute atomic E-state index is 0.0412. The Kier molecular flexibility index (Phi) is 6.44. The highest BCUT2D eigenvalue weighted by Crippen LogP contribution is 2.23. The highest BCUT2D eigenvalue weighted by atomic mass is 32.2. The molecule has 2 aromatic carbocycles. The van der Waals surface area contributed by atoms with Gasteiger partial charge in [0, 0.05) is 0 Å². The number of nitriles is 1. The molecule has 1 atom stereocenters. The van der Waals surface area contributed by atoms with Gasteiger partial charge in [0.15, 0.2) is 5.16 Å². The third-order valence-corrected chi connectivity index (χ3v) is 6.99. The van der Waals surface area contributed by atoms with E-state index < -0.39 is 5.54 Å². The number of carbonyl (C=O) groups is 1. The summed E-state index contributed by atoms with van der Waals surface area (Å²) in [5.41, 5.74) is 1.70. The molecule has 2 aromatic heterocycles. The van der Waals surface area contributed by atoms with Crippen molar-refractivity contribution in [3.63, 3.8) is 0 Å². The number of aromatic nitrogens is 4. The van der Waals surface area contributed by atoms with Crippen LogP contribution >= 0.6 is 11.8 Å². The third kappa shape index (κ3) is 4.41. The molecular weight excluding hydrogens is 448 g/mol. The van der Waals surface area contributed by atoms with Crippen molar-refractivity contribution in [3.05, 3.63) is 70.0 Å². The van der Waals surface area contributed by atoms with Crippen LogP contribution in [0.25, 0.3) is 16.7 Å². The number of thioether (sulfide) groups is 1. The highest BCUT2D eigenvalue weighted by molar-refractivity contribution is 7.99. The fraction of sp³-hybridized carbons (Fsp3) is 0.320. The average molecular weight is 475 g/mol. The first-order chi connectivity index (χ1) is 16.2. The van der Waals surface area contributed by atoms with E-state index >= 15 is 0 Å². The van der Waals surface area contributed by atoms with Gasteiger partial charge in [-0.25, -0.2) is 0 Å². The monoisotopic (exact) mass is 474 g/mol. The Morgan fingerprint density at radius 2 is 1.88 bits per heavy atom. The van der Waals surface area contributed by atoms with Gasteiger partial charge < -0.3 is 5.32 Å². The summed E-state index contributed by atoms with van der Waals surface area (Å²) < 4.78 is 3.42. The molecule has 2 heterocycles. The number of fused-ring (bicyclic) bond motifs is 3. The lowest BCUT2D eigenvalue weighted by Crippen LogP contribution is -2.49. The summed E-state index contributed by atoms with van der Waals surface area (Å²) in [6.45, 7) is 7.86. The van der Waals surface area contributed by atoms with E-state index in [1.165, 1.54) is 11.8 Å². The quantitative estimate of drug-likeness (QED) is 0.411. The van der Waals surface area contributed by atoms with Gasteiger partial charge in [-0.3, -0.25) is 18.6 Å². The molecule has 0 saturated carbocycles. The first kappa shape index (κ1) is 23.5. The molecule has 0 bridgehead atoms. The van der Waals surface area contributed by atoms with Crippen LogP contribution in [0.4, 0.5) is 0 Å². The molecule has 9 heteroatoms. The second-order valence-electron chi connectivity index (χ2n) is 8.82. The van der Waals surface area contributed by atoms with Crippen LogP contribution in [0.1, 0.15) is 31.9 Å². The average Bonchev–Trinajstić information content (AvgIpc) is 3.25. The van der Waals surface area contributed by atoms with E-state index in [-0.39, 0.29) is 23.1 Å². The molecule has 4 rings (SSSR count). The van der Waals surface area contributed by atoms with Crippen LogP contribution < -0.4 is 10.9 Å². The summed E-state index contributed by atoms with van der Waals surface area (Å²) in [6, 6.07) is 17.5. The molecule has 4 aromatic rings. The Morgan fingerprint density at radius 1 is 1.18 bits per heavy atom. The minimum Gasteiger partial charge on any atom is -0.337 e. The molecule has 34 heavy (non-hydrogen) atoms. The Labute approximate surface area is 201 Å². The molecule has 0 spiro atoms. The maximum Gasteiger partial charge on any atom is 0.263 e. The second-order valence-corrected chi connectivity index (χ2v) is 9.76. The Morgan fingerprint density at radius 3 is 2.56 bits per heavy atom. The number of nitrogens with one attached hydrogen (secondary N) is 1. The summed E-state index contributed by atoms with van der Waals surface area (Å²) in [6.07, 6.45) is 0. The number of rotatable bonds is 7. The lowest BCUT2D eigenvalue weighted by Gasteiger charge is -2.27. The van der Waals surface area contributed by atoms with Gasteiger partial charge in [0.1, 0.15) is 5.54 Å². The molecule has 1 N–H and O–H groups in total. The zero-order valence-electron chi connectivity index (χ0n) is 19.6. The fourth-order valence-corrected chi connectivity index (χ4v) is 4.34. The first-order valence-corrected chi connectivity index (χ1v) is 12.0. The van der Waals surface area contributed by atoms with E-state index in [1.807, 2.05) is 67.6 Å². The summed E-state index contributed by atoms with van der Waals surface area (Å²) >= 11 is 1.22. The predicted molar refractivity (Wildman–Crippen MR) is 133 cm³/mol. The van der Waals surface area contributed by atoms with Crippen LogP contribution in [0.15, 0.2) is 58.5 Å². The largest absolute Gasteiger partial charge is 0.337 e. The molecule has 0 fully saturated rings. The molecule has 174 valence electrons. The van der Waals surface area contributed by atoms with Gasteiger partial charge in [0.25, 0.3) is 5.56 Å². The fourth-order valence-electron chi connectivity index (χ4n) is 3.60. The molecule has 1 amide bonds. The van der Waals surface area contributed by atoms with E-state index in [9.17, 15) is 14.9 Å². The van der Waals surface area contributed by atoms with Gasteiger partial charge in [0.2, 0.25) is 11.7 Å². The Balaban J connectivity index is 1.72. The lowest BCUT2D eigenvalue weighted by atomic mass is 9.90. The number of hydrogen-bond acceptors (Lipinski definition) is 6. The number of para-hydroxylation sites is 1. The van der Waals surface area contributed by atoms with Crippen molar-refractivity contribution >= 4 is 34.3 Å². The number of amides is 1.